The second-order valence-corrected chi connectivity index (χ2v) is 8.17. The summed E-state index contributed by atoms with van der Waals surface area (Å²) in [7, 11) is -4.12. The van der Waals surface area contributed by atoms with Crippen LogP contribution in [0, 0.1) is 5.82 Å². The summed E-state index contributed by atoms with van der Waals surface area (Å²) in [4.78, 5) is 13.4. The highest BCUT2D eigenvalue weighted by Crippen LogP contribution is 2.31. The zero-order valence-corrected chi connectivity index (χ0v) is 15.3. The highest BCUT2D eigenvalue weighted by molar-refractivity contribution is 7.89. The van der Waals surface area contributed by atoms with E-state index in [1.165, 1.54) is 17.0 Å². The van der Waals surface area contributed by atoms with E-state index in [1.54, 1.807) is 0 Å². The molecule has 2 aromatic carbocycles. The molecular formula is C18H16F4N2O3S. The van der Waals surface area contributed by atoms with Crippen molar-refractivity contribution in [3.05, 3.63) is 65.5 Å². The Morgan fingerprint density at radius 2 is 1.54 bits per heavy atom. The first-order valence-electron chi connectivity index (χ1n) is 8.31. The van der Waals surface area contributed by atoms with Crippen LogP contribution in [0.25, 0.3) is 0 Å². The van der Waals surface area contributed by atoms with Gasteiger partial charge >= 0.3 is 6.18 Å². The third-order valence-electron chi connectivity index (χ3n) is 4.42. The van der Waals surface area contributed by atoms with Crippen molar-refractivity contribution in [3.8, 4) is 0 Å². The normalized spacial score (nSPS) is 16.2. The summed E-state index contributed by atoms with van der Waals surface area (Å²) < 4.78 is 77.9. The Morgan fingerprint density at radius 3 is 2.11 bits per heavy atom. The number of rotatable bonds is 3. The van der Waals surface area contributed by atoms with Gasteiger partial charge in [0.2, 0.25) is 10.0 Å². The van der Waals surface area contributed by atoms with Gasteiger partial charge in [0.15, 0.2) is 0 Å². The van der Waals surface area contributed by atoms with Crippen LogP contribution in [0.2, 0.25) is 0 Å². The van der Waals surface area contributed by atoms with Gasteiger partial charge in [0, 0.05) is 31.7 Å². The number of alkyl halides is 3. The molecule has 150 valence electrons. The van der Waals surface area contributed by atoms with Gasteiger partial charge in [0.1, 0.15) is 5.82 Å². The molecule has 0 aliphatic carbocycles. The Hall–Kier alpha value is -2.46. The fraction of sp³-hybridized carbons (Fsp3) is 0.278. The van der Waals surface area contributed by atoms with Crippen molar-refractivity contribution < 1.29 is 30.8 Å². The lowest BCUT2D eigenvalue weighted by Gasteiger charge is -2.34. The van der Waals surface area contributed by atoms with Gasteiger partial charge < -0.3 is 4.90 Å². The summed E-state index contributed by atoms with van der Waals surface area (Å²) in [5, 5.41) is 0. The van der Waals surface area contributed by atoms with Crippen LogP contribution in [0.3, 0.4) is 0 Å². The van der Waals surface area contributed by atoms with Crippen LogP contribution in [0.15, 0.2) is 53.4 Å². The topological polar surface area (TPSA) is 57.7 Å². The summed E-state index contributed by atoms with van der Waals surface area (Å²) in [5.41, 5.74) is -0.769. The molecule has 0 unspecified atom stereocenters. The second kappa shape index (κ2) is 7.51. The summed E-state index contributed by atoms with van der Waals surface area (Å²) in [6, 6.07) is 8.55. The molecule has 1 fully saturated rings. The SMILES string of the molecule is O=C(c1ccc(F)cc1)N1CCN(S(=O)(=O)c2cccc(C(F)(F)F)c2)CC1. The van der Waals surface area contributed by atoms with Gasteiger partial charge in [0.25, 0.3) is 5.91 Å². The molecule has 28 heavy (non-hydrogen) atoms. The van der Waals surface area contributed by atoms with E-state index in [0.29, 0.717) is 6.07 Å². The zero-order chi connectivity index (χ0) is 20.5. The number of carbonyl (C=O) groups excluding carboxylic acids is 1. The first kappa shape index (κ1) is 20.3. The summed E-state index contributed by atoms with van der Waals surface area (Å²) in [6.45, 7) is 0.0554. The quantitative estimate of drug-likeness (QED) is 0.723. The lowest BCUT2D eigenvalue weighted by atomic mass is 10.2. The van der Waals surface area contributed by atoms with E-state index in [9.17, 15) is 30.8 Å². The van der Waals surface area contributed by atoms with Gasteiger partial charge in [-0.3, -0.25) is 4.79 Å². The highest BCUT2D eigenvalue weighted by atomic mass is 32.2. The van der Waals surface area contributed by atoms with Crippen molar-refractivity contribution in [1.82, 2.24) is 9.21 Å². The van der Waals surface area contributed by atoms with Gasteiger partial charge in [-0.2, -0.15) is 17.5 Å². The molecule has 0 N–H and O–H groups in total. The smallest absolute Gasteiger partial charge is 0.336 e. The van der Waals surface area contributed by atoms with E-state index in [4.69, 9.17) is 0 Å². The van der Waals surface area contributed by atoms with Crippen LogP contribution in [-0.2, 0) is 16.2 Å². The van der Waals surface area contributed by atoms with Gasteiger partial charge in [-0.15, -0.1) is 0 Å². The molecule has 1 heterocycles. The predicted octanol–water partition coefficient (Wildman–Crippen LogP) is 2.99. The Bertz CT molecular complexity index is 967. The van der Waals surface area contributed by atoms with E-state index < -0.39 is 32.5 Å². The number of amides is 1. The molecule has 0 radical (unpaired) electrons. The number of carbonyl (C=O) groups is 1. The van der Waals surface area contributed by atoms with Crippen LogP contribution < -0.4 is 0 Å². The number of sulfonamides is 1. The molecule has 1 saturated heterocycles. The molecule has 1 amide bonds. The lowest BCUT2D eigenvalue weighted by molar-refractivity contribution is -0.137. The first-order chi connectivity index (χ1) is 13.1. The van der Waals surface area contributed by atoms with Gasteiger partial charge in [-0.1, -0.05) is 6.07 Å². The predicted molar refractivity (Wildman–Crippen MR) is 92.5 cm³/mol. The van der Waals surface area contributed by atoms with E-state index in [0.717, 1.165) is 34.6 Å². The van der Waals surface area contributed by atoms with E-state index in [1.807, 2.05) is 0 Å². The maximum atomic E-state index is 13.0. The minimum Gasteiger partial charge on any atom is -0.336 e. The van der Waals surface area contributed by atoms with Crippen molar-refractivity contribution in [2.45, 2.75) is 11.1 Å². The Labute approximate surface area is 159 Å². The molecule has 3 rings (SSSR count). The third-order valence-corrected chi connectivity index (χ3v) is 6.31. The summed E-state index contributed by atoms with van der Waals surface area (Å²) in [5.74, 6) is -0.843. The van der Waals surface area contributed by atoms with E-state index >= 15 is 0 Å². The van der Waals surface area contributed by atoms with E-state index in [2.05, 4.69) is 0 Å². The van der Waals surface area contributed by atoms with Crippen molar-refractivity contribution in [3.63, 3.8) is 0 Å². The first-order valence-corrected chi connectivity index (χ1v) is 9.75. The van der Waals surface area contributed by atoms with Crippen molar-refractivity contribution in [2.24, 2.45) is 0 Å². The maximum Gasteiger partial charge on any atom is 0.416 e. The monoisotopic (exact) mass is 416 g/mol. The van der Waals surface area contributed by atoms with Crippen molar-refractivity contribution in [1.29, 1.82) is 0 Å². The molecule has 1 aliphatic rings. The number of benzene rings is 2. The van der Waals surface area contributed by atoms with Gasteiger partial charge in [0.05, 0.1) is 10.5 Å². The minimum absolute atomic E-state index is 0.0501. The Morgan fingerprint density at radius 1 is 0.929 bits per heavy atom. The van der Waals surface area contributed by atoms with Gasteiger partial charge in [-0.25, -0.2) is 12.8 Å². The standard InChI is InChI=1S/C18H16F4N2O3S/c19-15-6-4-13(5-7-15)17(25)23-8-10-24(11-9-23)28(26,27)16-3-1-2-14(12-16)18(20,21)22/h1-7,12H,8-11H2. The van der Waals surface area contributed by atoms with Crippen LogP contribution in [0.5, 0.6) is 0 Å². The molecule has 1 aliphatic heterocycles. The second-order valence-electron chi connectivity index (χ2n) is 6.23. The third kappa shape index (κ3) is 4.17. The molecule has 5 nitrogen and oxygen atoms in total. The zero-order valence-electron chi connectivity index (χ0n) is 14.5. The van der Waals surface area contributed by atoms with Crippen LogP contribution >= 0.6 is 0 Å². The van der Waals surface area contributed by atoms with E-state index in [-0.39, 0.29) is 37.6 Å². The maximum absolute atomic E-state index is 13.0. The molecule has 0 aromatic heterocycles. The number of hydrogen-bond acceptors (Lipinski definition) is 3. The van der Waals surface area contributed by atoms with Crippen LogP contribution in [-0.4, -0.2) is 49.7 Å². The Balaban J connectivity index is 1.72. The molecule has 0 saturated carbocycles. The largest absolute Gasteiger partial charge is 0.416 e. The fourth-order valence-electron chi connectivity index (χ4n) is 2.89. The molecule has 0 spiro atoms. The Kier molecular flexibility index (Phi) is 5.44. The molecule has 0 atom stereocenters. The number of hydrogen-bond donors (Lipinski definition) is 0. The van der Waals surface area contributed by atoms with Crippen LogP contribution in [0.4, 0.5) is 17.6 Å². The van der Waals surface area contributed by atoms with Crippen molar-refractivity contribution >= 4 is 15.9 Å². The van der Waals surface area contributed by atoms with Crippen LogP contribution in [0.1, 0.15) is 15.9 Å². The molecule has 0 bridgehead atoms. The number of nitrogens with zero attached hydrogens (tertiary/aromatic N) is 2. The number of halogens is 4. The summed E-state index contributed by atoms with van der Waals surface area (Å²) >= 11 is 0. The molecule has 10 heteroatoms. The highest BCUT2D eigenvalue weighted by Gasteiger charge is 2.34. The number of piperazine rings is 1. The summed E-state index contributed by atoms with van der Waals surface area (Å²) in [6.07, 6.45) is -4.65. The lowest BCUT2D eigenvalue weighted by Crippen LogP contribution is -2.50. The van der Waals surface area contributed by atoms with Gasteiger partial charge in [-0.05, 0) is 42.5 Å². The average Bonchev–Trinajstić information content (AvgIpc) is 2.67. The minimum atomic E-state index is -4.65. The fourth-order valence-corrected chi connectivity index (χ4v) is 4.36. The van der Waals surface area contributed by atoms with Crippen molar-refractivity contribution in [2.75, 3.05) is 26.2 Å². The molecular weight excluding hydrogens is 400 g/mol. The average molecular weight is 416 g/mol. The molecule has 2 aromatic rings.